The molecule has 15 heavy (non-hydrogen) atoms. The first-order valence-corrected chi connectivity index (χ1v) is 4.42. The van der Waals surface area contributed by atoms with Crippen LogP contribution in [0.4, 0.5) is 15.8 Å². The van der Waals surface area contributed by atoms with Crippen molar-refractivity contribution >= 4 is 11.4 Å². The van der Waals surface area contributed by atoms with Crippen LogP contribution in [0.5, 0.6) is 0 Å². The lowest BCUT2D eigenvalue weighted by molar-refractivity contribution is 0.636. The Morgan fingerprint density at radius 1 is 1.33 bits per heavy atom. The molecule has 2 aromatic rings. The maximum atomic E-state index is 13.7. The summed E-state index contributed by atoms with van der Waals surface area (Å²) in [6, 6.07) is 3.18. The Hall–Kier alpha value is -2.04. The number of halogens is 1. The van der Waals surface area contributed by atoms with Gasteiger partial charge in [-0.25, -0.2) is 4.39 Å². The van der Waals surface area contributed by atoms with Gasteiger partial charge in [0, 0.05) is 24.4 Å². The van der Waals surface area contributed by atoms with E-state index in [1.807, 2.05) is 0 Å². The molecule has 0 spiro atoms. The van der Waals surface area contributed by atoms with Gasteiger partial charge in [-0.3, -0.25) is 4.68 Å². The van der Waals surface area contributed by atoms with Gasteiger partial charge in [0.15, 0.2) is 5.82 Å². The molecule has 0 aliphatic rings. The Kier molecular flexibility index (Phi) is 2.07. The molecule has 5 heteroatoms. The Labute approximate surface area is 86.3 Å². The molecule has 0 amide bonds. The second-order valence-corrected chi connectivity index (χ2v) is 3.33. The number of nitrogen functional groups attached to an aromatic ring is 2. The zero-order valence-electron chi connectivity index (χ0n) is 8.24. The van der Waals surface area contributed by atoms with E-state index in [1.165, 1.54) is 0 Å². The molecule has 0 unspecified atom stereocenters. The van der Waals surface area contributed by atoms with E-state index >= 15 is 0 Å². The average molecular weight is 206 g/mol. The second-order valence-electron chi connectivity index (χ2n) is 3.33. The number of benzene rings is 1. The van der Waals surface area contributed by atoms with Crippen LogP contribution in [0.2, 0.25) is 0 Å². The third-order valence-electron chi connectivity index (χ3n) is 2.23. The van der Waals surface area contributed by atoms with Crippen LogP contribution >= 0.6 is 0 Å². The zero-order chi connectivity index (χ0) is 11.0. The number of nitrogens with zero attached hydrogens (tertiary/aromatic N) is 2. The Bertz CT molecular complexity index is 504. The lowest BCUT2D eigenvalue weighted by atomic mass is 10.1. The molecule has 4 N–H and O–H groups in total. The van der Waals surface area contributed by atoms with Crippen molar-refractivity contribution in [2.24, 2.45) is 7.05 Å². The van der Waals surface area contributed by atoms with Crippen LogP contribution in [0.25, 0.3) is 11.1 Å². The third kappa shape index (κ3) is 1.52. The number of hydrogen-bond donors (Lipinski definition) is 2. The molecule has 0 radical (unpaired) electrons. The summed E-state index contributed by atoms with van der Waals surface area (Å²) in [7, 11) is 1.77. The van der Waals surface area contributed by atoms with Crippen LogP contribution in [0.1, 0.15) is 0 Å². The molecule has 0 bridgehead atoms. The van der Waals surface area contributed by atoms with Crippen molar-refractivity contribution in [3.63, 3.8) is 0 Å². The van der Waals surface area contributed by atoms with Gasteiger partial charge in [-0.2, -0.15) is 5.10 Å². The number of hydrogen-bond acceptors (Lipinski definition) is 3. The minimum atomic E-state index is -0.497. The van der Waals surface area contributed by atoms with Gasteiger partial charge in [-0.05, 0) is 12.1 Å². The maximum absolute atomic E-state index is 13.7. The Balaban J connectivity index is 2.59. The van der Waals surface area contributed by atoms with Crippen molar-refractivity contribution in [3.8, 4) is 11.1 Å². The van der Waals surface area contributed by atoms with E-state index in [-0.39, 0.29) is 11.4 Å². The van der Waals surface area contributed by atoms with Gasteiger partial charge in [0.2, 0.25) is 0 Å². The number of anilines is 2. The molecule has 4 nitrogen and oxygen atoms in total. The smallest absolute Gasteiger partial charge is 0.156 e. The van der Waals surface area contributed by atoms with Gasteiger partial charge in [-0.1, -0.05) is 0 Å². The highest BCUT2D eigenvalue weighted by Crippen LogP contribution is 2.29. The van der Waals surface area contributed by atoms with Gasteiger partial charge < -0.3 is 11.5 Å². The summed E-state index contributed by atoms with van der Waals surface area (Å²) < 4.78 is 15.3. The van der Waals surface area contributed by atoms with E-state index in [9.17, 15) is 4.39 Å². The van der Waals surface area contributed by atoms with Crippen LogP contribution < -0.4 is 11.5 Å². The van der Waals surface area contributed by atoms with Crippen molar-refractivity contribution in [2.45, 2.75) is 0 Å². The van der Waals surface area contributed by atoms with Crippen LogP contribution in [0, 0.1) is 5.82 Å². The summed E-state index contributed by atoms with van der Waals surface area (Å²) in [6.07, 6.45) is 3.29. The number of nitrogens with two attached hydrogens (primary N) is 2. The molecule has 0 saturated heterocycles. The highest BCUT2D eigenvalue weighted by Gasteiger charge is 2.11. The molecule has 1 aromatic carbocycles. The van der Waals surface area contributed by atoms with Gasteiger partial charge in [0.25, 0.3) is 0 Å². The maximum Gasteiger partial charge on any atom is 0.156 e. The molecular weight excluding hydrogens is 195 g/mol. The van der Waals surface area contributed by atoms with E-state index < -0.39 is 5.82 Å². The summed E-state index contributed by atoms with van der Waals surface area (Å²) in [5.41, 5.74) is 12.3. The van der Waals surface area contributed by atoms with Gasteiger partial charge in [-0.15, -0.1) is 0 Å². The van der Waals surface area contributed by atoms with E-state index in [2.05, 4.69) is 5.10 Å². The fourth-order valence-electron chi connectivity index (χ4n) is 1.39. The minimum absolute atomic E-state index is 0.0173. The predicted octanol–water partition coefficient (Wildman–Crippen LogP) is 1.39. The SMILES string of the molecule is Cn1cc(-c2ccc(N)c(N)c2F)cn1. The normalized spacial score (nSPS) is 10.5. The van der Waals surface area contributed by atoms with Crippen molar-refractivity contribution < 1.29 is 4.39 Å². The molecule has 1 heterocycles. The number of aromatic nitrogens is 2. The van der Waals surface area contributed by atoms with E-state index in [0.29, 0.717) is 11.1 Å². The fourth-order valence-corrected chi connectivity index (χ4v) is 1.39. The zero-order valence-corrected chi connectivity index (χ0v) is 8.24. The first-order chi connectivity index (χ1) is 7.09. The highest BCUT2D eigenvalue weighted by atomic mass is 19.1. The largest absolute Gasteiger partial charge is 0.397 e. The van der Waals surface area contributed by atoms with Gasteiger partial charge in [0.05, 0.1) is 17.6 Å². The van der Waals surface area contributed by atoms with Crippen LogP contribution in [0.15, 0.2) is 24.5 Å². The predicted molar refractivity (Wildman–Crippen MR) is 57.4 cm³/mol. The molecule has 0 aliphatic heterocycles. The van der Waals surface area contributed by atoms with Gasteiger partial charge in [0.1, 0.15) is 0 Å². The molecular formula is C10H11FN4. The molecule has 0 saturated carbocycles. The van der Waals surface area contributed by atoms with Crippen LogP contribution in [-0.4, -0.2) is 9.78 Å². The fraction of sp³-hybridized carbons (Fsp3) is 0.100. The summed E-state index contributed by atoms with van der Waals surface area (Å²) in [4.78, 5) is 0. The molecule has 1 aromatic heterocycles. The first-order valence-electron chi connectivity index (χ1n) is 4.42. The van der Waals surface area contributed by atoms with E-state index in [1.54, 1.807) is 36.3 Å². The molecule has 0 fully saturated rings. The Morgan fingerprint density at radius 2 is 2.07 bits per heavy atom. The lowest BCUT2D eigenvalue weighted by Gasteiger charge is -2.05. The highest BCUT2D eigenvalue weighted by molar-refractivity contribution is 5.75. The quantitative estimate of drug-likeness (QED) is 0.693. The summed E-state index contributed by atoms with van der Waals surface area (Å²) in [6.45, 7) is 0. The Morgan fingerprint density at radius 3 is 2.67 bits per heavy atom. The van der Waals surface area contributed by atoms with Crippen molar-refractivity contribution in [2.75, 3.05) is 11.5 Å². The minimum Gasteiger partial charge on any atom is -0.397 e. The summed E-state index contributed by atoms with van der Waals surface area (Å²) >= 11 is 0. The van der Waals surface area contributed by atoms with E-state index in [0.717, 1.165) is 0 Å². The van der Waals surface area contributed by atoms with Crippen molar-refractivity contribution in [3.05, 3.63) is 30.3 Å². The third-order valence-corrected chi connectivity index (χ3v) is 2.23. The first kappa shape index (κ1) is 9.51. The van der Waals surface area contributed by atoms with Crippen LogP contribution in [-0.2, 0) is 7.05 Å². The molecule has 0 atom stereocenters. The lowest BCUT2D eigenvalue weighted by Crippen LogP contribution is -1.99. The van der Waals surface area contributed by atoms with Crippen molar-refractivity contribution in [1.29, 1.82) is 0 Å². The molecule has 2 rings (SSSR count). The second kappa shape index (κ2) is 3.27. The van der Waals surface area contributed by atoms with Crippen molar-refractivity contribution in [1.82, 2.24) is 9.78 Å². The number of aryl methyl sites for hydroxylation is 1. The molecule has 78 valence electrons. The molecule has 0 aliphatic carbocycles. The summed E-state index contributed by atoms with van der Waals surface area (Å²) in [5.74, 6) is -0.497. The monoisotopic (exact) mass is 206 g/mol. The van der Waals surface area contributed by atoms with E-state index in [4.69, 9.17) is 11.5 Å². The number of rotatable bonds is 1. The average Bonchev–Trinajstić information content (AvgIpc) is 2.61. The van der Waals surface area contributed by atoms with Crippen LogP contribution in [0.3, 0.4) is 0 Å². The summed E-state index contributed by atoms with van der Waals surface area (Å²) in [5, 5.41) is 3.96. The standard InChI is InChI=1S/C10H11FN4/c1-15-5-6(4-14-15)7-2-3-8(12)10(13)9(7)11/h2-5H,12-13H2,1H3. The topological polar surface area (TPSA) is 69.9 Å². The van der Waals surface area contributed by atoms with Gasteiger partial charge >= 0.3 is 0 Å².